The Balaban J connectivity index is 2.03. The number of halogens is 1. The zero-order valence-electron chi connectivity index (χ0n) is 15.6. The molecule has 138 valence electrons. The molecule has 0 spiro atoms. The molecule has 2 heterocycles. The van der Waals surface area contributed by atoms with E-state index in [0.29, 0.717) is 18.3 Å². The van der Waals surface area contributed by atoms with Gasteiger partial charge < -0.3 is 14.2 Å². The van der Waals surface area contributed by atoms with Crippen molar-refractivity contribution in [2.75, 3.05) is 5.32 Å². The van der Waals surface area contributed by atoms with Gasteiger partial charge in [-0.2, -0.15) is 0 Å². The van der Waals surface area contributed by atoms with Gasteiger partial charge in [0.2, 0.25) is 11.2 Å². The summed E-state index contributed by atoms with van der Waals surface area (Å²) >= 11 is 6.11. The fourth-order valence-electron chi connectivity index (χ4n) is 2.26. The van der Waals surface area contributed by atoms with Crippen molar-refractivity contribution in [3.05, 3.63) is 41.8 Å². The first-order chi connectivity index (χ1) is 12.2. The monoisotopic (exact) mass is 390 g/mol. The van der Waals surface area contributed by atoms with Crippen molar-refractivity contribution in [2.24, 2.45) is 0 Å². The number of oxazole rings is 1. The molecule has 0 bridgehead atoms. The van der Waals surface area contributed by atoms with E-state index in [-0.39, 0.29) is 10.3 Å². The minimum atomic E-state index is -2.02. The van der Waals surface area contributed by atoms with Crippen LogP contribution in [0.3, 0.4) is 0 Å². The Labute approximate surface area is 159 Å². The van der Waals surface area contributed by atoms with E-state index in [9.17, 15) is 0 Å². The third kappa shape index (κ3) is 3.83. The van der Waals surface area contributed by atoms with E-state index in [1.54, 1.807) is 6.20 Å². The van der Waals surface area contributed by atoms with Crippen LogP contribution in [0.15, 0.2) is 35.1 Å². The minimum Gasteiger partial charge on any atom is -0.543 e. The number of nitrogens with one attached hydrogen (secondary N) is 1. The van der Waals surface area contributed by atoms with Crippen LogP contribution in [0.1, 0.15) is 26.7 Å². The number of nitrogens with zero attached hydrogens (tertiary/aromatic N) is 3. The number of anilines is 1. The molecular weight excluding hydrogens is 368 g/mol. The Hall–Kier alpha value is -2.12. The van der Waals surface area contributed by atoms with Crippen molar-refractivity contribution in [3.8, 4) is 5.75 Å². The normalized spacial score (nSPS) is 12.4. The third-order valence-corrected chi connectivity index (χ3v) is 9.23. The van der Waals surface area contributed by atoms with Crippen molar-refractivity contribution in [1.29, 1.82) is 0 Å². The lowest BCUT2D eigenvalue weighted by Crippen LogP contribution is -2.43. The summed E-state index contributed by atoms with van der Waals surface area (Å²) in [7, 11) is -2.02. The molecular formula is C18H23ClN4O2Si. The molecule has 26 heavy (non-hydrogen) atoms. The molecule has 0 saturated carbocycles. The predicted molar refractivity (Wildman–Crippen MR) is 106 cm³/mol. The van der Waals surface area contributed by atoms with Crippen molar-refractivity contribution in [1.82, 2.24) is 15.0 Å². The molecule has 0 aliphatic heterocycles. The fraction of sp³-hybridized carbons (Fsp3) is 0.389. The quantitative estimate of drug-likeness (QED) is 0.472. The van der Waals surface area contributed by atoms with Crippen LogP contribution in [0.4, 0.5) is 5.82 Å². The van der Waals surface area contributed by atoms with Crippen LogP contribution >= 0.6 is 11.6 Å². The van der Waals surface area contributed by atoms with Gasteiger partial charge in [0, 0.05) is 0 Å². The van der Waals surface area contributed by atoms with Crippen LogP contribution < -0.4 is 9.74 Å². The highest BCUT2D eigenvalue weighted by Crippen LogP contribution is 2.40. The van der Waals surface area contributed by atoms with E-state index < -0.39 is 8.32 Å². The maximum absolute atomic E-state index is 6.53. The number of rotatable bonds is 5. The largest absolute Gasteiger partial charge is 0.543 e. The molecule has 1 aromatic carbocycles. The summed E-state index contributed by atoms with van der Waals surface area (Å²) in [4.78, 5) is 12.8. The van der Waals surface area contributed by atoms with Gasteiger partial charge in [0.05, 0.1) is 23.6 Å². The average Bonchev–Trinajstić information content (AvgIpc) is 3.04. The lowest BCUT2D eigenvalue weighted by atomic mass is 10.2. The van der Waals surface area contributed by atoms with E-state index >= 15 is 0 Å². The molecule has 3 aromatic rings. The van der Waals surface area contributed by atoms with Crippen LogP contribution in [0.5, 0.6) is 5.75 Å². The molecule has 0 amide bonds. The molecule has 0 saturated heterocycles. The first-order valence-corrected chi connectivity index (χ1v) is 11.7. The Morgan fingerprint density at radius 3 is 2.65 bits per heavy atom. The van der Waals surface area contributed by atoms with Crippen LogP contribution in [0.25, 0.3) is 10.9 Å². The summed E-state index contributed by atoms with van der Waals surface area (Å²) in [5.41, 5.74) is 0.733. The topological polar surface area (TPSA) is 73.1 Å². The SMILES string of the molecule is CC(C)(C)[Si](C)(C)Oc1cccc2nc(Cl)nc(NCc3ncco3)c12. The second-order valence-electron chi connectivity index (χ2n) is 7.63. The highest BCUT2D eigenvalue weighted by Gasteiger charge is 2.39. The van der Waals surface area contributed by atoms with Gasteiger partial charge in [0.1, 0.15) is 17.8 Å². The zero-order valence-corrected chi connectivity index (χ0v) is 17.4. The molecule has 0 unspecified atom stereocenters. The summed E-state index contributed by atoms with van der Waals surface area (Å²) in [5.74, 6) is 1.93. The highest BCUT2D eigenvalue weighted by molar-refractivity contribution is 6.74. The van der Waals surface area contributed by atoms with Crippen molar-refractivity contribution in [2.45, 2.75) is 45.4 Å². The average molecular weight is 391 g/mol. The molecule has 0 fully saturated rings. The first kappa shape index (κ1) is 18.7. The standard InChI is InChI=1S/C18H23ClN4O2Si/c1-18(2,3)26(4,5)25-13-8-6-7-12-15(13)16(23-17(19)22-12)21-11-14-20-9-10-24-14/h6-10H,11H2,1-5H3,(H,21,22,23). The molecule has 6 nitrogen and oxygen atoms in total. The first-order valence-electron chi connectivity index (χ1n) is 8.45. The van der Waals surface area contributed by atoms with Gasteiger partial charge in [-0.25, -0.2) is 15.0 Å². The van der Waals surface area contributed by atoms with Crippen LogP contribution in [0.2, 0.25) is 23.4 Å². The molecule has 0 aliphatic carbocycles. The van der Waals surface area contributed by atoms with Gasteiger partial charge in [0.25, 0.3) is 8.32 Å². The fourth-order valence-corrected chi connectivity index (χ4v) is 3.47. The van der Waals surface area contributed by atoms with Gasteiger partial charge in [0.15, 0.2) is 0 Å². The highest BCUT2D eigenvalue weighted by atomic mass is 35.5. The van der Waals surface area contributed by atoms with Gasteiger partial charge in [-0.05, 0) is 41.9 Å². The van der Waals surface area contributed by atoms with Gasteiger partial charge in [-0.15, -0.1) is 0 Å². The summed E-state index contributed by atoms with van der Waals surface area (Å²) in [5, 5.41) is 4.31. The lowest BCUT2D eigenvalue weighted by Gasteiger charge is -2.36. The number of hydrogen-bond acceptors (Lipinski definition) is 6. The zero-order chi connectivity index (χ0) is 18.9. The number of aromatic nitrogens is 3. The third-order valence-electron chi connectivity index (χ3n) is 4.72. The molecule has 1 N–H and O–H groups in total. The molecule has 2 aromatic heterocycles. The predicted octanol–water partition coefficient (Wildman–Crippen LogP) is 5.27. The molecule has 0 radical (unpaired) electrons. The Morgan fingerprint density at radius 2 is 2.00 bits per heavy atom. The number of hydrogen-bond donors (Lipinski definition) is 1. The molecule has 0 atom stereocenters. The molecule has 8 heteroatoms. The van der Waals surface area contributed by atoms with E-state index in [0.717, 1.165) is 16.7 Å². The van der Waals surface area contributed by atoms with Gasteiger partial charge in [-0.1, -0.05) is 26.8 Å². The van der Waals surface area contributed by atoms with Gasteiger partial charge in [-0.3, -0.25) is 0 Å². The number of benzene rings is 1. The summed E-state index contributed by atoms with van der Waals surface area (Å²) in [6.07, 6.45) is 3.14. The van der Waals surface area contributed by atoms with Crippen LogP contribution in [0, 0.1) is 0 Å². The van der Waals surface area contributed by atoms with Crippen molar-refractivity contribution in [3.63, 3.8) is 0 Å². The van der Waals surface area contributed by atoms with E-state index in [1.165, 1.54) is 6.26 Å². The second kappa shape index (κ2) is 6.89. The maximum atomic E-state index is 6.53. The Kier molecular flexibility index (Phi) is 4.94. The summed E-state index contributed by atoms with van der Waals surface area (Å²) in [6, 6.07) is 5.78. The van der Waals surface area contributed by atoms with Crippen molar-refractivity contribution >= 4 is 36.6 Å². The molecule has 3 rings (SSSR count). The van der Waals surface area contributed by atoms with Crippen LogP contribution in [-0.2, 0) is 6.54 Å². The number of fused-ring (bicyclic) bond motifs is 1. The minimum absolute atomic E-state index is 0.0775. The van der Waals surface area contributed by atoms with E-state index in [4.69, 9.17) is 20.4 Å². The summed E-state index contributed by atoms with van der Waals surface area (Å²) in [6.45, 7) is 11.4. The molecule has 0 aliphatic rings. The smallest absolute Gasteiger partial charge is 0.250 e. The van der Waals surface area contributed by atoms with E-state index in [2.05, 4.69) is 54.1 Å². The van der Waals surface area contributed by atoms with Crippen molar-refractivity contribution < 1.29 is 8.84 Å². The Bertz CT molecular complexity index is 907. The lowest BCUT2D eigenvalue weighted by molar-refractivity contribution is 0.496. The van der Waals surface area contributed by atoms with Gasteiger partial charge >= 0.3 is 0 Å². The maximum Gasteiger partial charge on any atom is 0.250 e. The van der Waals surface area contributed by atoms with E-state index in [1.807, 2.05) is 18.2 Å². The summed E-state index contributed by atoms with van der Waals surface area (Å²) < 4.78 is 11.8. The Morgan fingerprint density at radius 1 is 1.23 bits per heavy atom. The van der Waals surface area contributed by atoms with Crippen LogP contribution in [-0.4, -0.2) is 23.3 Å². The second-order valence-corrected chi connectivity index (χ2v) is 12.7.